The van der Waals surface area contributed by atoms with E-state index in [2.05, 4.69) is 11.8 Å². The van der Waals surface area contributed by atoms with E-state index < -0.39 is 0 Å². The molecule has 0 aromatic carbocycles. The quantitative estimate of drug-likeness (QED) is 0.692. The molecule has 0 aromatic rings. The number of aliphatic hydroxyl groups is 1. The lowest BCUT2D eigenvalue weighted by Crippen LogP contribution is -2.33. The number of nitrogens with zero attached hydrogens (tertiary/aromatic N) is 1. The van der Waals surface area contributed by atoms with Crippen LogP contribution in [-0.4, -0.2) is 36.2 Å². The summed E-state index contributed by atoms with van der Waals surface area (Å²) in [7, 11) is 0. The number of piperidine rings is 1. The number of aliphatic hydroxyl groups excluding tert-OH is 1. The summed E-state index contributed by atoms with van der Waals surface area (Å²) in [6.07, 6.45) is 5.10. The summed E-state index contributed by atoms with van der Waals surface area (Å²) in [6.45, 7) is 6.30. The average Bonchev–Trinajstić information content (AvgIpc) is 2.06. The average molecular weight is 171 g/mol. The molecule has 0 bridgehead atoms. The van der Waals surface area contributed by atoms with Crippen LogP contribution in [0, 0.1) is 5.92 Å². The van der Waals surface area contributed by atoms with Crippen molar-refractivity contribution in [3.63, 3.8) is 0 Å². The van der Waals surface area contributed by atoms with Crippen molar-refractivity contribution in [1.82, 2.24) is 4.90 Å². The highest BCUT2D eigenvalue weighted by atomic mass is 16.3. The number of likely N-dealkylation sites (tertiary alicyclic amines) is 1. The predicted molar refractivity (Wildman–Crippen MR) is 51.2 cm³/mol. The van der Waals surface area contributed by atoms with Crippen molar-refractivity contribution in [2.75, 3.05) is 26.2 Å². The smallest absolute Gasteiger partial charge is 0.0434 e. The van der Waals surface area contributed by atoms with Crippen LogP contribution >= 0.6 is 0 Å². The zero-order valence-electron chi connectivity index (χ0n) is 8.13. The molecule has 0 aromatic heterocycles. The topological polar surface area (TPSA) is 23.5 Å². The van der Waals surface area contributed by atoms with Gasteiger partial charge in [0.25, 0.3) is 0 Å². The minimum absolute atomic E-state index is 0.342. The van der Waals surface area contributed by atoms with Crippen molar-refractivity contribution >= 4 is 0 Å². The lowest BCUT2D eigenvalue weighted by molar-refractivity contribution is 0.179. The standard InChI is InChI=1S/C10H21NO/c1-10(5-8-12)9-11-6-3-2-4-7-11/h10,12H,2-9H2,1H3. The summed E-state index contributed by atoms with van der Waals surface area (Å²) in [6, 6.07) is 0. The normalized spacial score (nSPS) is 22.5. The molecule has 1 atom stereocenters. The zero-order valence-corrected chi connectivity index (χ0v) is 8.13. The molecule has 1 aliphatic heterocycles. The van der Waals surface area contributed by atoms with Crippen molar-refractivity contribution in [3.05, 3.63) is 0 Å². The first-order chi connectivity index (χ1) is 5.83. The first kappa shape index (κ1) is 10.0. The van der Waals surface area contributed by atoms with Gasteiger partial charge < -0.3 is 10.0 Å². The van der Waals surface area contributed by atoms with E-state index in [1.165, 1.54) is 38.9 Å². The van der Waals surface area contributed by atoms with Crippen molar-refractivity contribution in [1.29, 1.82) is 0 Å². The van der Waals surface area contributed by atoms with Gasteiger partial charge >= 0.3 is 0 Å². The summed E-state index contributed by atoms with van der Waals surface area (Å²) >= 11 is 0. The Labute approximate surface area is 75.6 Å². The molecule has 1 aliphatic rings. The second-order valence-electron chi connectivity index (χ2n) is 3.98. The summed E-state index contributed by atoms with van der Waals surface area (Å²) in [4.78, 5) is 2.53. The number of hydrogen-bond acceptors (Lipinski definition) is 2. The van der Waals surface area contributed by atoms with Crippen molar-refractivity contribution in [2.24, 2.45) is 5.92 Å². The van der Waals surface area contributed by atoms with Gasteiger partial charge in [-0.05, 0) is 38.3 Å². The molecule has 0 spiro atoms. The number of rotatable bonds is 4. The van der Waals surface area contributed by atoms with Gasteiger partial charge in [-0.25, -0.2) is 0 Å². The van der Waals surface area contributed by atoms with Gasteiger partial charge in [-0.3, -0.25) is 0 Å². The first-order valence-corrected chi connectivity index (χ1v) is 5.16. The molecule has 1 N–H and O–H groups in total. The molecule has 1 unspecified atom stereocenters. The van der Waals surface area contributed by atoms with E-state index in [1.807, 2.05) is 0 Å². The molecule has 1 heterocycles. The fraction of sp³-hybridized carbons (Fsp3) is 1.00. The molecule has 0 radical (unpaired) electrons. The Morgan fingerprint density at radius 2 is 1.92 bits per heavy atom. The van der Waals surface area contributed by atoms with Crippen LogP contribution in [0.4, 0.5) is 0 Å². The Morgan fingerprint density at radius 1 is 1.25 bits per heavy atom. The summed E-state index contributed by atoms with van der Waals surface area (Å²) < 4.78 is 0. The van der Waals surface area contributed by atoms with E-state index in [-0.39, 0.29) is 0 Å². The van der Waals surface area contributed by atoms with Gasteiger partial charge in [0.15, 0.2) is 0 Å². The van der Waals surface area contributed by atoms with E-state index in [0.29, 0.717) is 12.5 Å². The fourth-order valence-electron chi connectivity index (χ4n) is 1.89. The van der Waals surface area contributed by atoms with E-state index in [1.54, 1.807) is 0 Å². The van der Waals surface area contributed by atoms with E-state index in [9.17, 15) is 0 Å². The lowest BCUT2D eigenvalue weighted by Gasteiger charge is -2.28. The first-order valence-electron chi connectivity index (χ1n) is 5.16. The van der Waals surface area contributed by atoms with Gasteiger partial charge in [0.1, 0.15) is 0 Å². The fourth-order valence-corrected chi connectivity index (χ4v) is 1.89. The van der Waals surface area contributed by atoms with E-state index in [0.717, 1.165) is 6.42 Å². The van der Waals surface area contributed by atoms with Gasteiger partial charge in [-0.1, -0.05) is 13.3 Å². The highest BCUT2D eigenvalue weighted by Gasteiger charge is 2.12. The monoisotopic (exact) mass is 171 g/mol. The van der Waals surface area contributed by atoms with Gasteiger partial charge in [-0.2, -0.15) is 0 Å². The minimum atomic E-state index is 0.342. The van der Waals surface area contributed by atoms with Crippen LogP contribution in [0.25, 0.3) is 0 Å². The van der Waals surface area contributed by atoms with Gasteiger partial charge in [0.2, 0.25) is 0 Å². The van der Waals surface area contributed by atoms with Gasteiger partial charge in [0, 0.05) is 13.2 Å². The van der Waals surface area contributed by atoms with Crippen LogP contribution in [0.1, 0.15) is 32.6 Å². The molecule has 1 fully saturated rings. The van der Waals surface area contributed by atoms with E-state index >= 15 is 0 Å². The number of hydrogen-bond donors (Lipinski definition) is 1. The summed E-state index contributed by atoms with van der Waals surface area (Å²) in [5, 5.41) is 8.75. The molecule has 12 heavy (non-hydrogen) atoms. The summed E-state index contributed by atoms with van der Waals surface area (Å²) in [5.41, 5.74) is 0. The third-order valence-electron chi connectivity index (χ3n) is 2.64. The SMILES string of the molecule is CC(CCO)CN1CCCCC1. The molecule has 2 nitrogen and oxygen atoms in total. The highest BCUT2D eigenvalue weighted by Crippen LogP contribution is 2.12. The van der Waals surface area contributed by atoms with Crippen LogP contribution in [0.15, 0.2) is 0 Å². The second kappa shape index (κ2) is 5.55. The predicted octanol–water partition coefficient (Wildman–Crippen LogP) is 1.49. The van der Waals surface area contributed by atoms with Crippen molar-refractivity contribution < 1.29 is 5.11 Å². The largest absolute Gasteiger partial charge is 0.396 e. The molecule has 0 amide bonds. The maximum Gasteiger partial charge on any atom is 0.0434 e. The Bertz CT molecular complexity index is 110. The van der Waals surface area contributed by atoms with E-state index in [4.69, 9.17) is 5.11 Å². The third-order valence-corrected chi connectivity index (χ3v) is 2.64. The molecule has 0 saturated carbocycles. The summed E-state index contributed by atoms with van der Waals surface area (Å²) in [5.74, 6) is 0.660. The second-order valence-corrected chi connectivity index (χ2v) is 3.98. The minimum Gasteiger partial charge on any atom is -0.396 e. The molecular formula is C10H21NO. The maximum atomic E-state index is 8.75. The van der Waals surface area contributed by atoms with Crippen molar-refractivity contribution in [2.45, 2.75) is 32.6 Å². The Morgan fingerprint density at radius 3 is 2.50 bits per heavy atom. The molecule has 0 aliphatic carbocycles. The van der Waals surface area contributed by atoms with Crippen LogP contribution in [0.2, 0.25) is 0 Å². The Balaban J connectivity index is 2.11. The Kier molecular flexibility index (Phi) is 4.62. The lowest BCUT2D eigenvalue weighted by atomic mass is 10.1. The van der Waals surface area contributed by atoms with Crippen LogP contribution < -0.4 is 0 Å². The van der Waals surface area contributed by atoms with Crippen molar-refractivity contribution in [3.8, 4) is 0 Å². The molecular weight excluding hydrogens is 150 g/mol. The third kappa shape index (κ3) is 3.55. The van der Waals surface area contributed by atoms with Gasteiger partial charge in [-0.15, -0.1) is 0 Å². The molecule has 2 heteroatoms. The molecule has 1 saturated heterocycles. The van der Waals surface area contributed by atoms with Crippen LogP contribution in [0.3, 0.4) is 0 Å². The highest BCUT2D eigenvalue weighted by molar-refractivity contribution is 4.67. The maximum absolute atomic E-state index is 8.75. The molecule has 1 rings (SSSR count). The Hall–Kier alpha value is -0.0800. The van der Waals surface area contributed by atoms with Gasteiger partial charge in [0.05, 0.1) is 0 Å². The van der Waals surface area contributed by atoms with Crippen LogP contribution in [-0.2, 0) is 0 Å². The zero-order chi connectivity index (χ0) is 8.81. The van der Waals surface area contributed by atoms with Crippen LogP contribution in [0.5, 0.6) is 0 Å². The molecule has 72 valence electrons.